The van der Waals surface area contributed by atoms with Crippen molar-refractivity contribution in [2.24, 2.45) is 0 Å². The van der Waals surface area contributed by atoms with Crippen LogP contribution in [-0.4, -0.2) is 92.7 Å². The Labute approximate surface area is 298 Å². The number of hydrogen-bond donors (Lipinski definition) is 0. The fourth-order valence-corrected chi connectivity index (χ4v) is 6.47. The van der Waals surface area contributed by atoms with Crippen molar-refractivity contribution < 1.29 is 32.9 Å². The number of rotatable bonds is 18. The van der Waals surface area contributed by atoms with E-state index in [1.807, 2.05) is 0 Å². The second-order valence-electron chi connectivity index (χ2n) is 14.0. The van der Waals surface area contributed by atoms with E-state index in [9.17, 15) is 0 Å². The minimum absolute atomic E-state index is 0.484. The van der Waals surface area contributed by atoms with Crippen molar-refractivity contribution in [3.63, 3.8) is 0 Å². The van der Waals surface area contributed by atoms with Crippen molar-refractivity contribution in [2.75, 3.05) is 88.2 Å². The number of nitrogens with zero attached hydrogens (tertiary/aromatic N) is 1. The maximum absolute atomic E-state index is 6.31. The van der Waals surface area contributed by atoms with Crippen LogP contribution in [0.1, 0.15) is 22.3 Å². The molecule has 0 bridgehead atoms. The molecule has 0 spiro atoms. The maximum atomic E-state index is 6.31. The Balaban J connectivity index is 1.59. The highest BCUT2D eigenvalue weighted by atomic mass is 16.5. The van der Waals surface area contributed by atoms with Gasteiger partial charge in [0.15, 0.2) is 0 Å². The molecule has 0 aliphatic rings. The SMILES string of the molecule is COCCOCCOc1ccc(-c2c3ccc(C)cc3c(-c3ccc(OCCOCCOC)c(C[N+](C)(C)C)c3)c3ccc(C)cc23)cc1C. The molecule has 0 fully saturated rings. The molecule has 0 aliphatic heterocycles. The van der Waals surface area contributed by atoms with E-state index in [2.05, 4.69) is 115 Å². The van der Waals surface area contributed by atoms with Crippen molar-refractivity contribution in [2.45, 2.75) is 27.3 Å². The van der Waals surface area contributed by atoms with Gasteiger partial charge < -0.3 is 32.9 Å². The third-order valence-corrected chi connectivity index (χ3v) is 8.72. The van der Waals surface area contributed by atoms with Crippen molar-refractivity contribution in [3.8, 4) is 33.8 Å². The molecule has 0 unspecified atom stereocenters. The predicted octanol–water partition coefficient (Wildman–Crippen LogP) is 8.54. The first-order valence-corrected chi connectivity index (χ1v) is 17.5. The third-order valence-electron chi connectivity index (χ3n) is 8.72. The highest BCUT2D eigenvalue weighted by Crippen LogP contribution is 2.45. The van der Waals surface area contributed by atoms with Gasteiger partial charge in [-0.3, -0.25) is 0 Å². The van der Waals surface area contributed by atoms with Crippen molar-refractivity contribution in [1.82, 2.24) is 0 Å². The van der Waals surface area contributed by atoms with Crippen LogP contribution in [0.4, 0.5) is 0 Å². The molecule has 0 heterocycles. The first-order chi connectivity index (χ1) is 24.1. The lowest BCUT2D eigenvalue weighted by Gasteiger charge is -2.26. The van der Waals surface area contributed by atoms with E-state index in [-0.39, 0.29) is 0 Å². The predicted molar refractivity (Wildman–Crippen MR) is 205 cm³/mol. The minimum Gasteiger partial charge on any atom is -0.491 e. The molecule has 0 aromatic heterocycles. The van der Waals surface area contributed by atoms with Crippen LogP contribution in [0.15, 0.2) is 72.8 Å². The van der Waals surface area contributed by atoms with E-state index in [0.717, 1.165) is 28.1 Å². The number of quaternary nitrogens is 1. The maximum Gasteiger partial charge on any atom is 0.128 e. The van der Waals surface area contributed by atoms with Crippen LogP contribution >= 0.6 is 0 Å². The lowest BCUT2D eigenvalue weighted by molar-refractivity contribution is -0.884. The zero-order valence-corrected chi connectivity index (χ0v) is 31.2. The Morgan fingerprint density at radius 1 is 0.480 bits per heavy atom. The topological polar surface area (TPSA) is 55.4 Å². The first-order valence-electron chi connectivity index (χ1n) is 17.5. The van der Waals surface area contributed by atoms with Gasteiger partial charge in [0, 0.05) is 19.8 Å². The van der Waals surface area contributed by atoms with Gasteiger partial charge >= 0.3 is 0 Å². The highest BCUT2D eigenvalue weighted by molar-refractivity contribution is 6.21. The zero-order chi connectivity index (χ0) is 35.7. The number of benzene rings is 5. The molecule has 0 aliphatic carbocycles. The Kier molecular flexibility index (Phi) is 12.9. The van der Waals surface area contributed by atoms with Crippen LogP contribution in [0.2, 0.25) is 0 Å². The largest absolute Gasteiger partial charge is 0.491 e. The van der Waals surface area contributed by atoms with E-state index < -0.39 is 0 Å². The number of methoxy groups -OCH3 is 2. The van der Waals surface area contributed by atoms with Crippen LogP contribution in [0.5, 0.6) is 11.5 Å². The van der Waals surface area contributed by atoms with E-state index >= 15 is 0 Å². The Hall–Kier alpha value is -3.98. The molecule has 266 valence electrons. The molecular formula is C43H54NO6+. The fourth-order valence-electron chi connectivity index (χ4n) is 6.47. The molecule has 0 amide bonds. The molecular weight excluding hydrogens is 626 g/mol. The second kappa shape index (κ2) is 17.3. The van der Waals surface area contributed by atoms with Crippen LogP contribution in [0, 0.1) is 20.8 Å². The lowest BCUT2D eigenvalue weighted by atomic mass is 9.84. The fraction of sp³-hybridized carbons (Fsp3) is 0.395. The summed E-state index contributed by atoms with van der Waals surface area (Å²) < 4.78 is 34.6. The zero-order valence-electron chi connectivity index (χ0n) is 31.2. The van der Waals surface area contributed by atoms with Crippen LogP contribution in [0.3, 0.4) is 0 Å². The molecule has 0 saturated heterocycles. The monoisotopic (exact) mass is 680 g/mol. The molecule has 7 nitrogen and oxygen atoms in total. The summed E-state index contributed by atoms with van der Waals surface area (Å²) in [7, 11) is 10.00. The van der Waals surface area contributed by atoms with Gasteiger partial charge in [-0.15, -0.1) is 0 Å². The van der Waals surface area contributed by atoms with Crippen molar-refractivity contribution in [1.29, 1.82) is 0 Å². The summed E-state index contributed by atoms with van der Waals surface area (Å²) in [6.45, 7) is 11.6. The van der Waals surface area contributed by atoms with E-state index in [1.165, 1.54) is 60.5 Å². The quantitative estimate of drug-likeness (QED) is 0.0526. The van der Waals surface area contributed by atoms with E-state index in [1.54, 1.807) is 14.2 Å². The number of aryl methyl sites for hydroxylation is 3. The number of hydrogen-bond acceptors (Lipinski definition) is 6. The second-order valence-corrected chi connectivity index (χ2v) is 14.0. The summed E-state index contributed by atoms with van der Waals surface area (Å²) in [5.74, 6) is 1.77. The first kappa shape index (κ1) is 37.3. The summed E-state index contributed by atoms with van der Waals surface area (Å²) in [6.07, 6.45) is 0. The van der Waals surface area contributed by atoms with Gasteiger partial charge in [-0.2, -0.15) is 0 Å². The number of ether oxygens (including phenoxy) is 6. The van der Waals surface area contributed by atoms with Crippen LogP contribution in [0.25, 0.3) is 43.8 Å². The van der Waals surface area contributed by atoms with Crippen LogP contribution in [-0.2, 0) is 25.5 Å². The number of fused-ring (bicyclic) bond motifs is 2. The molecule has 50 heavy (non-hydrogen) atoms. The van der Waals surface area contributed by atoms with Gasteiger partial charge in [0.2, 0.25) is 0 Å². The third kappa shape index (κ3) is 9.42. The molecule has 0 N–H and O–H groups in total. The molecule has 0 saturated carbocycles. The lowest BCUT2D eigenvalue weighted by Crippen LogP contribution is -2.33. The van der Waals surface area contributed by atoms with Gasteiger partial charge in [0.05, 0.1) is 60.8 Å². The summed E-state index contributed by atoms with van der Waals surface area (Å²) in [6, 6.07) is 26.9. The normalized spacial score (nSPS) is 11.8. The molecule has 5 rings (SSSR count). The highest BCUT2D eigenvalue weighted by Gasteiger charge is 2.21. The van der Waals surface area contributed by atoms with Gasteiger partial charge in [-0.05, 0) is 94.4 Å². The van der Waals surface area contributed by atoms with E-state index in [4.69, 9.17) is 28.4 Å². The Bertz CT molecular complexity index is 1890. The summed E-state index contributed by atoms with van der Waals surface area (Å²) in [5, 5.41) is 4.92. The Morgan fingerprint density at radius 2 is 0.960 bits per heavy atom. The molecule has 0 radical (unpaired) electrons. The van der Waals surface area contributed by atoms with E-state index in [0.29, 0.717) is 52.9 Å². The summed E-state index contributed by atoms with van der Waals surface area (Å²) >= 11 is 0. The summed E-state index contributed by atoms with van der Waals surface area (Å²) in [4.78, 5) is 0. The van der Waals surface area contributed by atoms with Crippen molar-refractivity contribution >= 4 is 21.5 Å². The molecule has 0 atom stereocenters. The summed E-state index contributed by atoms with van der Waals surface area (Å²) in [5.41, 5.74) is 9.55. The minimum atomic E-state index is 0.484. The average molecular weight is 681 g/mol. The van der Waals surface area contributed by atoms with Crippen LogP contribution < -0.4 is 9.47 Å². The molecule has 7 heteroatoms. The van der Waals surface area contributed by atoms with Crippen molar-refractivity contribution in [3.05, 3.63) is 95.1 Å². The van der Waals surface area contributed by atoms with Gasteiger partial charge in [-0.1, -0.05) is 59.7 Å². The van der Waals surface area contributed by atoms with Gasteiger partial charge in [-0.25, -0.2) is 0 Å². The van der Waals surface area contributed by atoms with Gasteiger partial charge in [0.25, 0.3) is 0 Å². The molecule has 5 aromatic rings. The Morgan fingerprint density at radius 3 is 1.46 bits per heavy atom. The average Bonchev–Trinajstić information content (AvgIpc) is 3.07. The molecule has 5 aromatic carbocycles. The smallest absolute Gasteiger partial charge is 0.128 e. The van der Waals surface area contributed by atoms with Gasteiger partial charge in [0.1, 0.15) is 31.3 Å². The standard InChI is InChI=1S/C43H54NO6/c1-30-10-14-37-38(25-30)42(33-11-15-40(32(3)27-33)49-23-21-47-19-17-45-7)36-13-9-31(2)26-39(36)43(37)34-12-16-41(35(28-34)29-44(4,5)6)50-24-22-48-20-18-46-8/h9-16,25-28H,17-24,29H2,1-8H3/q+1.